The van der Waals surface area contributed by atoms with Crippen molar-refractivity contribution in [1.29, 1.82) is 0 Å². The second-order valence-corrected chi connectivity index (χ2v) is 5.57. The summed E-state index contributed by atoms with van der Waals surface area (Å²) < 4.78 is 0. The first kappa shape index (κ1) is 13.0. The topological polar surface area (TPSA) is 15.3 Å². The van der Waals surface area contributed by atoms with E-state index < -0.39 is 0 Å². The molecule has 1 atom stereocenters. The van der Waals surface area contributed by atoms with Crippen molar-refractivity contribution in [3.63, 3.8) is 0 Å². The number of nitrogens with one attached hydrogen (secondary N) is 1. The molecular formula is C13H28N2. The van der Waals surface area contributed by atoms with Crippen LogP contribution in [0.3, 0.4) is 0 Å². The van der Waals surface area contributed by atoms with E-state index in [1.54, 1.807) is 0 Å². The molecular weight excluding hydrogens is 184 g/mol. The molecule has 0 aliphatic carbocycles. The minimum atomic E-state index is 0.381. The third-order valence-corrected chi connectivity index (χ3v) is 4.16. The Hall–Kier alpha value is -0.0800. The second-order valence-electron chi connectivity index (χ2n) is 5.57. The summed E-state index contributed by atoms with van der Waals surface area (Å²) >= 11 is 0. The number of nitrogens with zero attached hydrogens (tertiary/aromatic N) is 1. The van der Waals surface area contributed by atoms with Gasteiger partial charge in [0, 0.05) is 24.7 Å². The molecule has 15 heavy (non-hydrogen) atoms. The van der Waals surface area contributed by atoms with Gasteiger partial charge in [-0.2, -0.15) is 0 Å². The molecule has 0 amide bonds. The van der Waals surface area contributed by atoms with Crippen molar-refractivity contribution in [1.82, 2.24) is 10.2 Å². The summed E-state index contributed by atoms with van der Waals surface area (Å²) in [5.74, 6) is 0.786. The van der Waals surface area contributed by atoms with E-state index in [2.05, 4.69) is 45.0 Å². The fourth-order valence-corrected chi connectivity index (χ4v) is 2.75. The van der Waals surface area contributed by atoms with E-state index in [1.807, 2.05) is 0 Å². The van der Waals surface area contributed by atoms with Gasteiger partial charge >= 0.3 is 0 Å². The number of hydrogen-bond donors (Lipinski definition) is 1. The highest BCUT2D eigenvalue weighted by Crippen LogP contribution is 2.25. The maximum absolute atomic E-state index is 3.46. The molecule has 2 nitrogen and oxygen atoms in total. The molecule has 1 aliphatic heterocycles. The minimum absolute atomic E-state index is 0.381. The molecule has 0 bridgehead atoms. The summed E-state index contributed by atoms with van der Waals surface area (Å²) in [6.07, 6.45) is 3.85. The van der Waals surface area contributed by atoms with Crippen molar-refractivity contribution < 1.29 is 0 Å². The zero-order chi connectivity index (χ0) is 11.5. The largest absolute Gasteiger partial charge is 0.314 e. The molecule has 1 rings (SSSR count). The molecule has 90 valence electrons. The van der Waals surface area contributed by atoms with Gasteiger partial charge in [-0.15, -0.1) is 0 Å². The SMILES string of the molecule is CCC(C(C)C)N1CCC(C)(NC)CC1. The van der Waals surface area contributed by atoms with Gasteiger partial charge in [-0.25, -0.2) is 0 Å². The van der Waals surface area contributed by atoms with Gasteiger partial charge in [-0.1, -0.05) is 20.8 Å². The average molecular weight is 212 g/mol. The summed E-state index contributed by atoms with van der Waals surface area (Å²) in [6.45, 7) is 11.9. The van der Waals surface area contributed by atoms with Crippen LogP contribution in [0.1, 0.15) is 47.0 Å². The van der Waals surface area contributed by atoms with Crippen LogP contribution in [0.2, 0.25) is 0 Å². The lowest BCUT2D eigenvalue weighted by atomic mass is 9.87. The summed E-state index contributed by atoms with van der Waals surface area (Å²) in [4.78, 5) is 2.68. The van der Waals surface area contributed by atoms with Crippen molar-refractivity contribution in [2.45, 2.75) is 58.5 Å². The van der Waals surface area contributed by atoms with E-state index in [0.29, 0.717) is 5.54 Å². The molecule has 0 aromatic heterocycles. The zero-order valence-electron chi connectivity index (χ0n) is 11.1. The summed E-state index contributed by atoms with van der Waals surface area (Å²) in [5.41, 5.74) is 0.381. The molecule has 0 spiro atoms. The standard InChI is InChI=1S/C13H28N2/c1-6-12(11(2)3)15-9-7-13(4,14-5)8-10-15/h11-12,14H,6-10H2,1-5H3. The molecule has 0 saturated carbocycles. The van der Waals surface area contributed by atoms with Gasteiger partial charge < -0.3 is 10.2 Å². The highest BCUT2D eigenvalue weighted by Gasteiger charge is 2.31. The minimum Gasteiger partial charge on any atom is -0.314 e. The van der Waals surface area contributed by atoms with Gasteiger partial charge in [0.15, 0.2) is 0 Å². The van der Waals surface area contributed by atoms with E-state index in [1.165, 1.54) is 32.4 Å². The van der Waals surface area contributed by atoms with Gasteiger partial charge in [0.05, 0.1) is 0 Å². The number of likely N-dealkylation sites (tertiary alicyclic amines) is 1. The molecule has 0 radical (unpaired) electrons. The van der Waals surface area contributed by atoms with Crippen molar-refractivity contribution in [3.8, 4) is 0 Å². The van der Waals surface area contributed by atoms with E-state index in [-0.39, 0.29) is 0 Å². The molecule has 1 N–H and O–H groups in total. The van der Waals surface area contributed by atoms with E-state index in [4.69, 9.17) is 0 Å². The predicted molar refractivity (Wildman–Crippen MR) is 67.2 cm³/mol. The van der Waals surface area contributed by atoms with Crippen LogP contribution in [0.25, 0.3) is 0 Å². The smallest absolute Gasteiger partial charge is 0.0174 e. The van der Waals surface area contributed by atoms with Gasteiger partial charge in [0.1, 0.15) is 0 Å². The first-order valence-electron chi connectivity index (χ1n) is 6.45. The van der Waals surface area contributed by atoms with Crippen molar-refractivity contribution in [2.24, 2.45) is 5.92 Å². The highest BCUT2D eigenvalue weighted by molar-refractivity contribution is 4.90. The van der Waals surface area contributed by atoms with E-state index in [0.717, 1.165) is 12.0 Å². The van der Waals surface area contributed by atoms with Crippen LogP contribution in [-0.4, -0.2) is 36.6 Å². The molecule has 0 aromatic rings. The Morgan fingerprint density at radius 3 is 2.13 bits per heavy atom. The predicted octanol–water partition coefficient (Wildman–Crippen LogP) is 2.49. The fraction of sp³-hybridized carbons (Fsp3) is 1.00. The summed E-state index contributed by atoms with van der Waals surface area (Å²) in [6, 6.07) is 0.784. The van der Waals surface area contributed by atoms with Gasteiger partial charge in [-0.3, -0.25) is 0 Å². The Kier molecular flexibility index (Phi) is 4.60. The van der Waals surface area contributed by atoms with Crippen LogP contribution >= 0.6 is 0 Å². The average Bonchev–Trinajstić information content (AvgIpc) is 2.22. The van der Waals surface area contributed by atoms with Gasteiger partial charge in [-0.05, 0) is 39.2 Å². The lowest BCUT2D eigenvalue weighted by molar-refractivity contribution is 0.0847. The maximum Gasteiger partial charge on any atom is 0.0174 e. The number of piperidine rings is 1. The van der Waals surface area contributed by atoms with Crippen LogP contribution in [0.5, 0.6) is 0 Å². The maximum atomic E-state index is 3.46. The normalized spacial score (nSPS) is 24.4. The Balaban J connectivity index is 2.49. The highest BCUT2D eigenvalue weighted by atomic mass is 15.2. The number of hydrogen-bond acceptors (Lipinski definition) is 2. The third kappa shape index (κ3) is 3.18. The lowest BCUT2D eigenvalue weighted by Gasteiger charge is -2.43. The van der Waals surface area contributed by atoms with Gasteiger partial charge in [0.2, 0.25) is 0 Å². The van der Waals surface area contributed by atoms with Gasteiger partial charge in [0.25, 0.3) is 0 Å². The van der Waals surface area contributed by atoms with Crippen molar-refractivity contribution in [2.75, 3.05) is 20.1 Å². The van der Waals surface area contributed by atoms with Crippen LogP contribution in [0.15, 0.2) is 0 Å². The Morgan fingerprint density at radius 1 is 1.27 bits per heavy atom. The zero-order valence-corrected chi connectivity index (χ0v) is 11.1. The van der Waals surface area contributed by atoms with E-state index in [9.17, 15) is 0 Å². The van der Waals surface area contributed by atoms with Crippen LogP contribution in [0, 0.1) is 5.92 Å². The molecule has 2 heteroatoms. The lowest BCUT2D eigenvalue weighted by Crippen LogP contribution is -2.53. The Morgan fingerprint density at radius 2 is 1.80 bits per heavy atom. The third-order valence-electron chi connectivity index (χ3n) is 4.16. The first-order valence-corrected chi connectivity index (χ1v) is 6.45. The Labute approximate surface area is 95.4 Å². The molecule has 0 aromatic carbocycles. The molecule has 1 unspecified atom stereocenters. The molecule has 1 saturated heterocycles. The molecule has 1 heterocycles. The summed E-state index contributed by atoms with van der Waals surface area (Å²) in [5, 5.41) is 3.46. The Bertz CT molecular complexity index is 181. The quantitative estimate of drug-likeness (QED) is 0.770. The molecule has 1 fully saturated rings. The first-order chi connectivity index (χ1) is 7.02. The summed E-state index contributed by atoms with van der Waals surface area (Å²) in [7, 11) is 2.09. The van der Waals surface area contributed by atoms with Crippen molar-refractivity contribution >= 4 is 0 Å². The van der Waals surface area contributed by atoms with E-state index >= 15 is 0 Å². The monoisotopic (exact) mass is 212 g/mol. The van der Waals surface area contributed by atoms with Crippen molar-refractivity contribution in [3.05, 3.63) is 0 Å². The second kappa shape index (κ2) is 5.31. The fourth-order valence-electron chi connectivity index (χ4n) is 2.75. The number of rotatable bonds is 4. The van der Waals surface area contributed by atoms with Crippen LogP contribution < -0.4 is 5.32 Å². The van der Waals surface area contributed by atoms with Crippen LogP contribution in [-0.2, 0) is 0 Å². The van der Waals surface area contributed by atoms with Crippen LogP contribution in [0.4, 0.5) is 0 Å². The molecule has 1 aliphatic rings.